The van der Waals surface area contributed by atoms with Crippen molar-refractivity contribution in [1.29, 1.82) is 0 Å². The number of nitrogens with zero attached hydrogens (tertiary/aromatic N) is 2. The molecule has 1 heterocycles. The first-order chi connectivity index (χ1) is 9.02. The number of aryl methyl sites for hydroxylation is 1. The third-order valence-corrected chi connectivity index (χ3v) is 3.09. The third-order valence-electron chi connectivity index (χ3n) is 2.72. The van der Waals surface area contributed by atoms with Gasteiger partial charge in [-0.2, -0.15) is 5.10 Å². The molecule has 2 aromatic rings. The van der Waals surface area contributed by atoms with Crippen LogP contribution in [0.3, 0.4) is 0 Å². The maximum atomic E-state index is 11.8. The summed E-state index contributed by atoms with van der Waals surface area (Å²) in [6.45, 7) is 4.25. The van der Waals surface area contributed by atoms with E-state index < -0.39 is 0 Å². The first kappa shape index (κ1) is 13.4. The van der Waals surface area contributed by atoms with Crippen molar-refractivity contribution in [1.82, 2.24) is 15.1 Å². The minimum Gasteiger partial charge on any atom is -0.397 e. The molecule has 0 fully saturated rings. The number of hydrogen-bond acceptors (Lipinski definition) is 3. The van der Waals surface area contributed by atoms with Crippen LogP contribution in [0.25, 0.3) is 5.69 Å². The number of rotatable bonds is 3. The maximum absolute atomic E-state index is 11.8. The summed E-state index contributed by atoms with van der Waals surface area (Å²) in [5.41, 5.74) is 8.34. The highest BCUT2D eigenvalue weighted by Crippen LogP contribution is 2.22. The van der Waals surface area contributed by atoms with E-state index >= 15 is 0 Å². The second-order valence-electron chi connectivity index (χ2n) is 4.14. The smallest absolute Gasteiger partial charge is 0.251 e. The third kappa shape index (κ3) is 2.71. The van der Waals surface area contributed by atoms with Crippen molar-refractivity contribution in [2.75, 3.05) is 12.3 Å². The summed E-state index contributed by atoms with van der Waals surface area (Å²) in [4.78, 5) is 11.8. The minimum absolute atomic E-state index is 0.140. The number of benzene rings is 1. The monoisotopic (exact) mass is 278 g/mol. The van der Waals surface area contributed by atoms with Gasteiger partial charge in [-0.05, 0) is 32.0 Å². The van der Waals surface area contributed by atoms with Crippen LogP contribution in [0.5, 0.6) is 0 Å². The summed E-state index contributed by atoms with van der Waals surface area (Å²) in [6, 6.07) is 5.07. The normalized spacial score (nSPS) is 10.5. The molecule has 0 aliphatic heterocycles. The zero-order valence-electron chi connectivity index (χ0n) is 10.8. The summed E-state index contributed by atoms with van der Waals surface area (Å²) in [5.74, 6) is -0.140. The quantitative estimate of drug-likeness (QED) is 0.845. The summed E-state index contributed by atoms with van der Waals surface area (Å²) in [5, 5.41) is 7.56. The number of carbonyl (C=O) groups is 1. The predicted molar refractivity (Wildman–Crippen MR) is 75.7 cm³/mol. The number of amides is 1. The zero-order valence-corrected chi connectivity index (χ0v) is 11.5. The predicted octanol–water partition coefficient (Wildman–Crippen LogP) is 2.17. The van der Waals surface area contributed by atoms with Crippen molar-refractivity contribution in [3.8, 4) is 5.69 Å². The molecule has 0 unspecified atom stereocenters. The van der Waals surface area contributed by atoms with E-state index in [0.717, 1.165) is 0 Å². The fourth-order valence-electron chi connectivity index (χ4n) is 1.71. The molecule has 0 saturated heterocycles. The molecule has 0 aliphatic carbocycles. The van der Waals surface area contributed by atoms with Crippen molar-refractivity contribution in [2.45, 2.75) is 13.8 Å². The average molecular weight is 279 g/mol. The molecule has 5 nitrogen and oxygen atoms in total. The summed E-state index contributed by atoms with van der Waals surface area (Å²) >= 11 is 5.98. The average Bonchev–Trinajstić information content (AvgIpc) is 2.70. The number of halogens is 1. The lowest BCUT2D eigenvalue weighted by atomic mass is 10.1. The molecule has 6 heteroatoms. The fraction of sp³-hybridized carbons (Fsp3) is 0.231. The molecule has 3 N–H and O–H groups in total. The topological polar surface area (TPSA) is 72.9 Å². The van der Waals surface area contributed by atoms with Crippen LogP contribution in [0.4, 0.5) is 5.69 Å². The lowest BCUT2D eigenvalue weighted by Crippen LogP contribution is -2.22. The highest BCUT2D eigenvalue weighted by atomic mass is 35.5. The molecule has 0 atom stereocenters. The van der Waals surface area contributed by atoms with E-state index in [1.807, 2.05) is 13.8 Å². The van der Waals surface area contributed by atoms with Gasteiger partial charge in [-0.15, -0.1) is 0 Å². The molecule has 0 saturated carbocycles. The Hall–Kier alpha value is -2.01. The molecule has 1 aromatic carbocycles. The van der Waals surface area contributed by atoms with Gasteiger partial charge in [0.25, 0.3) is 5.91 Å². The van der Waals surface area contributed by atoms with Gasteiger partial charge in [-0.25, -0.2) is 4.68 Å². The SMILES string of the molecule is CCNC(=O)c1ccc(N)c(-n2cc(Cl)c(C)n2)c1. The van der Waals surface area contributed by atoms with Gasteiger partial charge in [-0.1, -0.05) is 11.6 Å². The molecule has 1 amide bonds. The number of hydrogen-bond donors (Lipinski definition) is 2. The van der Waals surface area contributed by atoms with Crippen molar-refractivity contribution in [3.63, 3.8) is 0 Å². The van der Waals surface area contributed by atoms with Crippen LogP contribution in [0.2, 0.25) is 5.02 Å². The lowest BCUT2D eigenvalue weighted by molar-refractivity contribution is 0.0956. The number of nitrogens with two attached hydrogens (primary N) is 1. The Labute approximate surface area is 116 Å². The van der Waals surface area contributed by atoms with Gasteiger partial charge in [0, 0.05) is 18.3 Å². The van der Waals surface area contributed by atoms with Crippen LogP contribution in [-0.2, 0) is 0 Å². The van der Waals surface area contributed by atoms with Crippen molar-refractivity contribution in [2.24, 2.45) is 0 Å². The largest absolute Gasteiger partial charge is 0.397 e. The Morgan fingerprint density at radius 3 is 2.84 bits per heavy atom. The van der Waals surface area contributed by atoms with E-state index in [1.54, 1.807) is 29.1 Å². The highest BCUT2D eigenvalue weighted by Gasteiger charge is 2.11. The van der Waals surface area contributed by atoms with E-state index in [1.165, 1.54) is 0 Å². The Morgan fingerprint density at radius 1 is 1.53 bits per heavy atom. The molecule has 0 spiro atoms. The Morgan fingerprint density at radius 2 is 2.26 bits per heavy atom. The maximum Gasteiger partial charge on any atom is 0.251 e. The van der Waals surface area contributed by atoms with Crippen molar-refractivity contribution < 1.29 is 4.79 Å². The molecule has 1 aromatic heterocycles. The van der Waals surface area contributed by atoms with Gasteiger partial charge in [0.2, 0.25) is 0 Å². The Bertz CT molecular complexity index is 602. The van der Waals surface area contributed by atoms with Crippen molar-refractivity contribution >= 4 is 23.2 Å². The Kier molecular flexibility index (Phi) is 3.76. The van der Waals surface area contributed by atoms with Gasteiger partial charge in [0.1, 0.15) is 0 Å². The van der Waals surface area contributed by atoms with E-state index in [4.69, 9.17) is 17.3 Å². The molecule has 0 bridgehead atoms. The molecule has 0 aliphatic rings. The van der Waals surface area contributed by atoms with E-state index in [-0.39, 0.29) is 5.91 Å². The highest BCUT2D eigenvalue weighted by molar-refractivity contribution is 6.31. The number of carbonyl (C=O) groups excluding carboxylic acids is 1. The van der Waals surface area contributed by atoms with Crippen molar-refractivity contribution in [3.05, 3.63) is 40.7 Å². The minimum atomic E-state index is -0.140. The van der Waals surface area contributed by atoms with Crippen LogP contribution in [0, 0.1) is 6.92 Å². The first-order valence-corrected chi connectivity index (χ1v) is 6.30. The second-order valence-corrected chi connectivity index (χ2v) is 4.55. The van der Waals surface area contributed by atoms with Gasteiger partial charge in [0.05, 0.1) is 22.1 Å². The zero-order chi connectivity index (χ0) is 14.0. The van der Waals surface area contributed by atoms with E-state index in [9.17, 15) is 4.79 Å². The molecule has 19 heavy (non-hydrogen) atoms. The number of nitrogen functional groups attached to an aromatic ring is 1. The molecule has 100 valence electrons. The van der Waals surface area contributed by atoms with Gasteiger partial charge < -0.3 is 11.1 Å². The van der Waals surface area contributed by atoms with Crippen LogP contribution in [0.1, 0.15) is 23.0 Å². The number of nitrogens with one attached hydrogen (secondary N) is 1. The Balaban J connectivity index is 2.45. The van der Waals surface area contributed by atoms with E-state index in [2.05, 4.69) is 10.4 Å². The molecule has 0 radical (unpaired) electrons. The van der Waals surface area contributed by atoms with Gasteiger partial charge in [-0.3, -0.25) is 4.79 Å². The standard InChI is InChI=1S/C13H15ClN4O/c1-3-16-13(19)9-4-5-11(15)12(6-9)18-7-10(14)8(2)17-18/h4-7H,3,15H2,1-2H3,(H,16,19). The van der Waals surface area contributed by atoms with Crippen LogP contribution >= 0.6 is 11.6 Å². The molecule has 2 rings (SSSR count). The van der Waals surface area contributed by atoms with Crippen LogP contribution < -0.4 is 11.1 Å². The number of anilines is 1. The first-order valence-electron chi connectivity index (χ1n) is 5.92. The van der Waals surface area contributed by atoms with Crippen LogP contribution in [0.15, 0.2) is 24.4 Å². The second kappa shape index (κ2) is 5.32. The van der Waals surface area contributed by atoms with Gasteiger partial charge in [0.15, 0.2) is 0 Å². The summed E-state index contributed by atoms with van der Waals surface area (Å²) in [6.07, 6.45) is 1.67. The summed E-state index contributed by atoms with van der Waals surface area (Å²) in [7, 11) is 0. The van der Waals surface area contributed by atoms with Crippen LogP contribution in [-0.4, -0.2) is 22.2 Å². The molecular weight excluding hydrogens is 264 g/mol. The van der Waals surface area contributed by atoms with Gasteiger partial charge >= 0.3 is 0 Å². The fourth-order valence-corrected chi connectivity index (χ4v) is 1.84. The van der Waals surface area contributed by atoms with E-state index in [0.29, 0.717) is 34.2 Å². The molecular formula is C13H15ClN4O. The lowest BCUT2D eigenvalue weighted by Gasteiger charge is -2.08. The summed E-state index contributed by atoms with van der Waals surface area (Å²) < 4.78 is 1.58. The number of aromatic nitrogens is 2.